The van der Waals surface area contributed by atoms with Crippen LogP contribution >= 0.6 is 12.2 Å². The van der Waals surface area contributed by atoms with Crippen molar-refractivity contribution >= 4 is 12.2 Å². The van der Waals surface area contributed by atoms with Gasteiger partial charge < -0.3 is 0 Å². The molecule has 1 N–H and O–H groups in total. The van der Waals surface area contributed by atoms with Crippen molar-refractivity contribution in [3.63, 3.8) is 0 Å². The molecule has 0 aliphatic rings. The summed E-state index contributed by atoms with van der Waals surface area (Å²) in [4.78, 5) is 0. The molecule has 2 rings (SSSR count). The molecule has 2 aromatic rings. The minimum Gasteiger partial charge on any atom is -0.272 e. The fraction of sp³-hybridized carbons (Fsp3) is 0.385. The average Bonchev–Trinajstić information content (AvgIpc) is 2.68. The van der Waals surface area contributed by atoms with E-state index in [1.165, 1.54) is 5.56 Å². The van der Waals surface area contributed by atoms with Crippen LogP contribution in [0, 0.1) is 11.7 Å². The molecule has 1 atom stereocenters. The van der Waals surface area contributed by atoms with Crippen molar-refractivity contribution in [1.82, 2.24) is 14.8 Å². The van der Waals surface area contributed by atoms with Crippen LogP contribution in [0.15, 0.2) is 24.3 Å². The van der Waals surface area contributed by atoms with Gasteiger partial charge in [0.15, 0.2) is 4.77 Å². The maximum absolute atomic E-state index is 5.21. The number of benzene rings is 1. The smallest absolute Gasteiger partial charge is 0.199 e. The van der Waals surface area contributed by atoms with E-state index in [2.05, 4.69) is 48.3 Å². The van der Waals surface area contributed by atoms with Gasteiger partial charge in [0, 0.05) is 5.69 Å². The van der Waals surface area contributed by atoms with Crippen LogP contribution in [0.25, 0.3) is 5.69 Å². The third kappa shape index (κ3) is 2.31. The Bertz CT molecular complexity index is 551. The van der Waals surface area contributed by atoms with Crippen LogP contribution in [0.1, 0.15) is 37.6 Å². The molecule has 0 saturated carbocycles. The molecule has 1 heterocycles. The van der Waals surface area contributed by atoms with Gasteiger partial charge in [-0.05, 0) is 49.2 Å². The third-order valence-corrected chi connectivity index (χ3v) is 3.45. The number of aromatic nitrogens is 3. The monoisotopic (exact) mass is 247 g/mol. The maximum Gasteiger partial charge on any atom is 0.199 e. The largest absolute Gasteiger partial charge is 0.272 e. The second-order valence-corrected chi connectivity index (χ2v) is 4.70. The lowest BCUT2D eigenvalue weighted by molar-refractivity contribution is 0.733. The summed E-state index contributed by atoms with van der Waals surface area (Å²) in [6, 6.07) is 8.52. The average molecular weight is 247 g/mol. The molecule has 0 aliphatic heterocycles. The van der Waals surface area contributed by atoms with E-state index in [1.54, 1.807) is 0 Å². The molecule has 0 bridgehead atoms. The Hall–Kier alpha value is -1.42. The Labute approximate surface area is 106 Å². The van der Waals surface area contributed by atoms with Crippen LogP contribution in [-0.4, -0.2) is 14.8 Å². The van der Waals surface area contributed by atoms with E-state index in [4.69, 9.17) is 12.2 Å². The Kier molecular flexibility index (Phi) is 3.43. The van der Waals surface area contributed by atoms with Crippen LogP contribution < -0.4 is 0 Å². The molecule has 0 unspecified atom stereocenters. The lowest BCUT2D eigenvalue weighted by atomic mass is 9.99. The van der Waals surface area contributed by atoms with Crippen LogP contribution in [-0.2, 0) is 0 Å². The highest BCUT2D eigenvalue weighted by Crippen LogP contribution is 2.20. The predicted octanol–water partition coefficient (Wildman–Crippen LogP) is 3.75. The van der Waals surface area contributed by atoms with Crippen LogP contribution in [0.2, 0.25) is 0 Å². The Morgan fingerprint density at radius 3 is 2.47 bits per heavy atom. The maximum atomic E-state index is 5.21. The number of rotatable bonds is 3. The van der Waals surface area contributed by atoms with Crippen molar-refractivity contribution in [2.75, 3.05) is 0 Å². The zero-order valence-electron chi connectivity index (χ0n) is 10.4. The van der Waals surface area contributed by atoms with E-state index < -0.39 is 0 Å². The van der Waals surface area contributed by atoms with Crippen molar-refractivity contribution < 1.29 is 0 Å². The first-order valence-corrected chi connectivity index (χ1v) is 6.28. The molecule has 0 radical (unpaired) electrons. The summed E-state index contributed by atoms with van der Waals surface area (Å²) in [5.74, 6) is 1.48. The van der Waals surface area contributed by atoms with Crippen LogP contribution in [0.3, 0.4) is 0 Å². The molecule has 1 aromatic carbocycles. The van der Waals surface area contributed by atoms with Gasteiger partial charge in [0.05, 0.1) is 0 Å². The SMILES string of the molecule is CC[C@@H](C)c1ccc(-n2c(C)n[nH]c2=S)cc1. The summed E-state index contributed by atoms with van der Waals surface area (Å²) in [6.07, 6.45) is 1.16. The molecule has 4 heteroatoms. The van der Waals surface area contributed by atoms with Gasteiger partial charge in [0.25, 0.3) is 0 Å². The third-order valence-electron chi connectivity index (χ3n) is 3.17. The van der Waals surface area contributed by atoms with Crippen LogP contribution in [0.4, 0.5) is 0 Å². The van der Waals surface area contributed by atoms with Gasteiger partial charge in [-0.25, -0.2) is 0 Å². The summed E-state index contributed by atoms with van der Waals surface area (Å²) < 4.78 is 2.58. The Balaban J connectivity index is 2.39. The molecule has 0 amide bonds. The molecular weight excluding hydrogens is 230 g/mol. The number of nitrogens with one attached hydrogen (secondary N) is 1. The number of aromatic amines is 1. The van der Waals surface area contributed by atoms with Crippen molar-refractivity contribution in [2.24, 2.45) is 0 Å². The zero-order valence-corrected chi connectivity index (χ0v) is 11.2. The van der Waals surface area contributed by atoms with Crippen molar-refractivity contribution in [2.45, 2.75) is 33.1 Å². The second-order valence-electron chi connectivity index (χ2n) is 4.31. The highest BCUT2D eigenvalue weighted by atomic mass is 32.1. The van der Waals surface area contributed by atoms with Gasteiger partial charge >= 0.3 is 0 Å². The van der Waals surface area contributed by atoms with Gasteiger partial charge in [0.2, 0.25) is 0 Å². The second kappa shape index (κ2) is 4.84. The molecule has 0 saturated heterocycles. The summed E-state index contributed by atoms with van der Waals surface area (Å²) in [6.45, 7) is 6.38. The summed E-state index contributed by atoms with van der Waals surface area (Å²) >= 11 is 5.21. The highest BCUT2D eigenvalue weighted by molar-refractivity contribution is 7.71. The minimum absolute atomic E-state index is 0.600. The molecular formula is C13H17N3S. The first kappa shape index (κ1) is 12.0. The number of hydrogen-bond donors (Lipinski definition) is 1. The summed E-state index contributed by atoms with van der Waals surface area (Å²) in [5.41, 5.74) is 2.43. The minimum atomic E-state index is 0.600. The zero-order chi connectivity index (χ0) is 12.4. The van der Waals surface area contributed by atoms with Gasteiger partial charge in [-0.1, -0.05) is 26.0 Å². The fourth-order valence-electron chi connectivity index (χ4n) is 1.87. The Morgan fingerprint density at radius 2 is 2.00 bits per heavy atom. The number of nitrogens with zero attached hydrogens (tertiary/aromatic N) is 2. The lowest BCUT2D eigenvalue weighted by Crippen LogP contribution is -1.98. The van der Waals surface area contributed by atoms with Gasteiger partial charge in [-0.2, -0.15) is 5.10 Å². The van der Waals surface area contributed by atoms with E-state index in [0.717, 1.165) is 17.9 Å². The van der Waals surface area contributed by atoms with Gasteiger partial charge in [0.1, 0.15) is 5.82 Å². The Morgan fingerprint density at radius 1 is 1.35 bits per heavy atom. The molecule has 1 aromatic heterocycles. The van der Waals surface area contributed by atoms with Crippen molar-refractivity contribution in [3.8, 4) is 5.69 Å². The topological polar surface area (TPSA) is 33.6 Å². The standard InChI is InChI=1S/C13H17N3S/c1-4-9(2)11-5-7-12(8-6-11)16-10(3)14-15-13(16)17/h5-9H,4H2,1-3H3,(H,15,17)/t9-/m1/s1. The van der Waals surface area contributed by atoms with Gasteiger partial charge in [-0.3, -0.25) is 9.67 Å². The normalized spacial score (nSPS) is 12.6. The molecule has 0 aliphatic carbocycles. The van der Waals surface area contributed by atoms with E-state index in [1.807, 2.05) is 11.5 Å². The summed E-state index contributed by atoms with van der Waals surface area (Å²) in [5, 5.41) is 6.91. The number of hydrogen-bond acceptors (Lipinski definition) is 2. The first-order valence-electron chi connectivity index (χ1n) is 5.87. The molecule has 0 spiro atoms. The van der Waals surface area contributed by atoms with E-state index in [0.29, 0.717) is 10.7 Å². The molecule has 17 heavy (non-hydrogen) atoms. The predicted molar refractivity (Wildman–Crippen MR) is 72.2 cm³/mol. The molecule has 0 fully saturated rings. The lowest BCUT2D eigenvalue weighted by Gasteiger charge is -2.10. The molecule has 90 valence electrons. The van der Waals surface area contributed by atoms with Crippen molar-refractivity contribution in [1.29, 1.82) is 0 Å². The van der Waals surface area contributed by atoms with Gasteiger partial charge in [-0.15, -0.1) is 0 Å². The van der Waals surface area contributed by atoms with E-state index in [9.17, 15) is 0 Å². The van der Waals surface area contributed by atoms with Crippen LogP contribution in [0.5, 0.6) is 0 Å². The van der Waals surface area contributed by atoms with Crippen molar-refractivity contribution in [3.05, 3.63) is 40.4 Å². The molecule has 3 nitrogen and oxygen atoms in total. The summed E-state index contributed by atoms with van der Waals surface area (Å²) in [7, 11) is 0. The van der Waals surface area contributed by atoms with E-state index in [-0.39, 0.29) is 0 Å². The van der Waals surface area contributed by atoms with E-state index >= 15 is 0 Å². The highest BCUT2D eigenvalue weighted by Gasteiger charge is 2.06. The fourth-order valence-corrected chi connectivity index (χ4v) is 2.15. The first-order chi connectivity index (χ1) is 8.13. The number of aryl methyl sites for hydroxylation is 1. The number of H-pyrrole nitrogens is 1. The quantitative estimate of drug-likeness (QED) is 0.838.